The second-order valence-corrected chi connectivity index (χ2v) is 8.39. The molecule has 32 heavy (non-hydrogen) atoms. The average Bonchev–Trinajstić information content (AvgIpc) is 2.76. The summed E-state index contributed by atoms with van der Waals surface area (Å²) in [5.41, 5.74) is 5.46. The molecule has 0 bridgehead atoms. The fourth-order valence-corrected chi connectivity index (χ4v) is 3.41. The monoisotopic (exact) mass is 444 g/mol. The van der Waals surface area contributed by atoms with Crippen molar-refractivity contribution in [2.45, 2.75) is 66.3 Å². The van der Waals surface area contributed by atoms with Crippen molar-refractivity contribution in [3.63, 3.8) is 0 Å². The molecule has 8 nitrogen and oxygen atoms in total. The summed E-state index contributed by atoms with van der Waals surface area (Å²) < 4.78 is 7.04. The van der Waals surface area contributed by atoms with Gasteiger partial charge in [0.25, 0.3) is 11.5 Å². The first-order chi connectivity index (χ1) is 15.3. The van der Waals surface area contributed by atoms with Gasteiger partial charge in [0.2, 0.25) is 0 Å². The first-order valence-electron chi connectivity index (χ1n) is 11.5. The lowest BCUT2D eigenvalue weighted by molar-refractivity contribution is 0.0986. The van der Waals surface area contributed by atoms with E-state index in [0.717, 1.165) is 25.7 Å². The number of nitrogens with two attached hydrogens (primary N) is 1. The van der Waals surface area contributed by atoms with Crippen LogP contribution in [0.25, 0.3) is 0 Å². The Hall–Kier alpha value is -3.03. The highest BCUT2D eigenvalue weighted by atomic mass is 16.5. The topological polar surface area (TPSA) is 110 Å². The Kier molecular flexibility index (Phi) is 9.56. The molecule has 0 saturated carbocycles. The van der Waals surface area contributed by atoms with Crippen molar-refractivity contribution in [1.29, 1.82) is 0 Å². The van der Waals surface area contributed by atoms with Gasteiger partial charge >= 0.3 is 5.69 Å². The molecule has 0 fully saturated rings. The number of aromatic amines is 1. The van der Waals surface area contributed by atoms with E-state index < -0.39 is 11.2 Å². The van der Waals surface area contributed by atoms with Crippen LogP contribution in [-0.2, 0) is 6.54 Å². The van der Waals surface area contributed by atoms with Crippen LogP contribution in [0.2, 0.25) is 0 Å². The van der Waals surface area contributed by atoms with Crippen LogP contribution in [0, 0.1) is 5.92 Å². The number of carbonyl (C=O) groups is 1. The molecule has 8 heteroatoms. The van der Waals surface area contributed by atoms with Crippen molar-refractivity contribution in [3.8, 4) is 5.75 Å². The van der Waals surface area contributed by atoms with Gasteiger partial charge in [-0.2, -0.15) is 0 Å². The Morgan fingerprint density at radius 2 is 1.75 bits per heavy atom. The van der Waals surface area contributed by atoms with Gasteiger partial charge < -0.3 is 15.4 Å². The molecule has 1 aromatic heterocycles. The maximum Gasteiger partial charge on any atom is 0.330 e. The number of amides is 1. The number of hydrogen-bond donors (Lipinski definition) is 2. The van der Waals surface area contributed by atoms with Crippen molar-refractivity contribution < 1.29 is 9.53 Å². The highest BCUT2D eigenvalue weighted by Crippen LogP contribution is 2.22. The third-order valence-electron chi connectivity index (χ3n) is 5.13. The summed E-state index contributed by atoms with van der Waals surface area (Å²) in [6.45, 7) is 9.32. The molecule has 0 aliphatic carbocycles. The molecular formula is C24H36N4O4. The van der Waals surface area contributed by atoms with Crippen LogP contribution in [0.3, 0.4) is 0 Å². The van der Waals surface area contributed by atoms with E-state index in [0.29, 0.717) is 37.4 Å². The van der Waals surface area contributed by atoms with Gasteiger partial charge in [0.15, 0.2) is 5.69 Å². The molecule has 0 atom stereocenters. The van der Waals surface area contributed by atoms with E-state index in [1.807, 2.05) is 20.8 Å². The molecule has 0 aliphatic heterocycles. The third-order valence-corrected chi connectivity index (χ3v) is 5.13. The first kappa shape index (κ1) is 25.2. The molecule has 2 aromatic rings. The van der Waals surface area contributed by atoms with Crippen LogP contribution in [0.5, 0.6) is 5.75 Å². The molecule has 0 spiro atoms. The largest absolute Gasteiger partial charge is 0.494 e. The number of ether oxygens (including phenoxy) is 1. The number of nitrogens with one attached hydrogen (secondary N) is 1. The minimum Gasteiger partial charge on any atom is -0.494 e. The van der Waals surface area contributed by atoms with Gasteiger partial charge in [-0.1, -0.05) is 47.0 Å². The van der Waals surface area contributed by atoms with Gasteiger partial charge in [-0.05, 0) is 43.0 Å². The molecular weight excluding hydrogens is 408 g/mol. The number of hydrogen-bond acceptors (Lipinski definition) is 5. The van der Waals surface area contributed by atoms with Gasteiger partial charge in [0.05, 0.1) is 6.61 Å². The zero-order valence-electron chi connectivity index (χ0n) is 19.6. The highest BCUT2D eigenvalue weighted by Gasteiger charge is 2.25. The zero-order valence-corrected chi connectivity index (χ0v) is 19.6. The summed E-state index contributed by atoms with van der Waals surface area (Å²) in [6, 6.07) is 6.88. The second kappa shape index (κ2) is 12.1. The quantitative estimate of drug-likeness (QED) is 0.484. The predicted octanol–water partition coefficient (Wildman–Crippen LogP) is 3.79. The fraction of sp³-hybridized carbons (Fsp3) is 0.542. The summed E-state index contributed by atoms with van der Waals surface area (Å²) in [5, 5.41) is 0. The van der Waals surface area contributed by atoms with Crippen molar-refractivity contribution in [3.05, 3.63) is 50.7 Å². The molecule has 0 unspecified atom stereocenters. The van der Waals surface area contributed by atoms with Crippen molar-refractivity contribution in [2.24, 2.45) is 5.92 Å². The van der Waals surface area contributed by atoms with Gasteiger partial charge in [-0.15, -0.1) is 0 Å². The van der Waals surface area contributed by atoms with Crippen LogP contribution >= 0.6 is 0 Å². The Morgan fingerprint density at radius 1 is 1.09 bits per heavy atom. The summed E-state index contributed by atoms with van der Waals surface area (Å²) in [7, 11) is 0. The maximum atomic E-state index is 13.4. The Morgan fingerprint density at radius 3 is 2.34 bits per heavy atom. The molecule has 1 aromatic carbocycles. The van der Waals surface area contributed by atoms with E-state index >= 15 is 0 Å². The van der Waals surface area contributed by atoms with Crippen LogP contribution in [0.15, 0.2) is 33.9 Å². The van der Waals surface area contributed by atoms with Crippen molar-refractivity contribution >= 4 is 17.4 Å². The number of H-pyrrole nitrogens is 1. The fourth-order valence-electron chi connectivity index (χ4n) is 3.41. The lowest BCUT2D eigenvalue weighted by atomic mass is 10.1. The van der Waals surface area contributed by atoms with Crippen LogP contribution in [0.1, 0.15) is 70.2 Å². The van der Waals surface area contributed by atoms with Gasteiger partial charge in [0, 0.05) is 18.7 Å². The summed E-state index contributed by atoms with van der Waals surface area (Å²) in [5.74, 6) is 0.495. The molecule has 0 aliphatic rings. The van der Waals surface area contributed by atoms with E-state index in [1.165, 1.54) is 9.47 Å². The Balaban J connectivity index is 2.37. The number of rotatable bonds is 12. The Labute approximate surface area is 189 Å². The average molecular weight is 445 g/mol. The smallest absolute Gasteiger partial charge is 0.330 e. The molecule has 2 rings (SSSR count). The lowest BCUT2D eigenvalue weighted by Gasteiger charge is -2.25. The van der Waals surface area contributed by atoms with E-state index in [2.05, 4.69) is 11.9 Å². The summed E-state index contributed by atoms with van der Waals surface area (Å²) in [4.78, 5) is 42.1. The number of nitrogen functional groups attached to an aromatic ring is 1. The zero-order chi connectivity index (χ0) is 23.7. The lowest BCUT2D eigenvalue weighted by Crippen LogP contribution is -2.42. The van der Waals surface area contributed by atoms with Crippen LogP contribution < -0.4 is 26.6 Å². The van der Waals surface area contributed by atoms with Gasteiger partial charge in [-0.25, -0.2) is 4.79 Å². The van der Waals surface area contributed by atoms with Gasteiger partial charge in [0.1, 0.15) is 11.6 Å². The SMILES string of the molecule is CCCCCOc1ccc(C(=O)N(CCCC)c2c(N)n(CC(C)C)c(=O)[nH]c2=O)cc1. The molecule has 3 N–H and O–H groups in total. The number of aromatic nitrogens is 2. The number of carbonyl (C=O) groups excluding carboxylic acids is 1. The van der Waals surface area contributed by atoms with Gasteiger partial charge in [-0.3, -0.25) is 19.1 Å². The molecule has 1 amide bonds. The van der Waals surface area contributed by atoms with Crippen LogP contribution in [0.4, 0.5) is 11.5 Å². The van der Waals surface area contributed by atoms with E-state index in [-0.39, 0.29) is 23.3 Å². The number of unbranched alkanes of at least 4 members (excludes halogenated alkanes) is 3. The molecule has 1 heterocycles. The normalized spacial score (nSPS) is 11.0. The van der Waals surface area contributed by atoms with Crippen LogP contribution in [-0.4, -0.2) is 28.6 Å². The summed E-state index contributed by atoms with van der Waals surface area (Å²) in [6.07, 6.45) is 4.73. The molecule has 176 valence electrons. The maximum absolute atomic E-state index is 13.4. The summed E-state index contributed by atoms with van der Waals surface area (Å²) >= 11 is 0. The van der Waals surface area contributed by atoms with E-state index in [9.17, 15) is 14.4 Å². The number of nitrogens with zero attached hydrogens (tertiary/aromatic N) is 2. The molecule has 0 radical (unpaired) electrons. The van der Waals surface area contributed by atoms with E-state index in [4.69, 9.17) is 10.5 Å². The standard InChI is InChI=1S/C24H36N4O4/c1-5-7-9-15-32-19-12-10-18(11-13-19)23(30)27(14-8-6-2)20-21(25)28(16-17(3)4)24(31)26-22(20)29/h10-13,17H,5-9,14-16,25H2,1-4H3,(H,26,29,31). The minimum absolute atomic E-state index is 0.00720. The van der Waals surface area contributed by atoms with Crippen molar-refractivity contribution in [1.82, 2.24) is 9.55 Å². The highest BCUT2D eigenvalue weighted by molar-refractivity contribution is 6.07. The predicted molar refractivity (Wildman–Crippen MR) is 129 cm³/mol. The second-order valence-electron chi connectivity index (χ2n) is 8.39. The van der Waals surface area contributed by atoms with E-state index in [1.54, 1.807) is 24.3 Å². The number of anilines is 2. The Bertz CT molecular complexity index is 993. The third kappa shape index (κ3) is 6.48. The number of benzene rings is 1. The first-order valence-corrected chi connectivity index (χ1v) is 11.5. The minimum atomic E-state index is -0.659. The molecule has 0 saturated heterocycles. The van der Waals surface area contributed by atoms with Crippen molar-refractivity contribution in [2.75, 3.05) is 23.8 Å².